The lowest BCUT2D eigenvalue weighted by Gasteiger charge is -2.26. The molecule has 2 aliphatic rings. The highest BCUT2D eigenvalue weighted by atomic mass is 19.4. The summed E-state index contributed by atoms with van der Waals surface area (Å²) in [5.41, 5.74) is 1.87. The van der Waals surface area contributed by atoms with Crippen LogP contribution in [0.15, 0.2) is 55.0 Å². The van der Waals surface area contributed by atoms with Gasteiger partial charge in [0.15, 0.2) is 11.3 Å². The van der Waals surface area contributed by atoms with E-state index >= 15 is 0 Å². The topological polar surface area (TPSA) is 66.6 Å². The number of anilines is 1. The number of rotatable bonds is 3. The van der Waals surface area contributed by atoms with Crippen molar-refractivity contribution in [2.24, 2.45) is 0 Å². The third-order valence-corrected chi connectivity index (χ3v) is 6.50. The Labute approximate surface area is 200 Å². The molecule has 1 saturated heterocycles. The van der Waals surface area contributed by atoms with Crippen molar-refractivity contribution in [2.45, 2.75) is 38.4 Å². The molecule has 182 valence electrons. The third kappa shape index (κ3) is 4.52. The molecule has 0 saturated carbocycles. The van der Waals surface area contributed by atoms with E-state index in [1.165, 1.54) is 6.07 Å². The zero-order valence-electron chi connectivity index (χ0n) is 19.2. The van der Waals surface area contributed by atoms with Gasteiger partial charge in [-0.3, -0.25) is 4.79 Å². The van der Waals surface area contributed by atoms with E-state index in [0.29, 0.717) is 43.2 Å². The number of nitrogens with zero attached hydrogens (tertiary/aromatic N) is 6. The van der Waals surface area contributed by atoms with E-state index in [2.05, 4.69) is 27.2 Å². The first-order valence-corrected chi connectivity index (χ1v) is 11.6. The Morgan fingerprint density at radius 3 is 2.69 bits per heavy atom. The SMILES string of the molecule is C[C@@H]1CCN(c2ccc(C(F)(F)F)cn2)CCN1C(=O)c1nn2cccnc2c1C1=CCCC=C1. The number of amides is 1. The van der Waals surface area contributed by atoms with Crippen LogP contribution in [-0.2, 0) is 6.18 Å². The van der Waals surface area contributed by atoms with Crippen molar-refractivity contribution < 1.29 is 18.0 Å². The van der Waals surface area contributed by atoms with Crippen LogP contribution in [0.4, 0.5) is 19.0 Å². The Morgan fingerprint density at radius 1 is 1.11 bits per heavy atom. The lowest BCUT2D eigenvalue weighted by molar-refractivity contribution is -0.137. The molecule has 1 atom stereocenters. The molecule has 0 spiro atoms. The number of aromatic nitrogens is 4. The predicted octanol–water partition coefficient (Wildman–Crippen LogP) is 4.62. The number of allylic oxidation sites excluding steroid dienone is 4. The monoisotopic (exact) mass is 482 g/mol. The Bertz CT molecular complexity index is 1290. The van der Waals surface area contributed by atoms with Crippen LogP contribution in [0.2, 0.25) is 0 Å². The summed E-state index contributed by atoms with van der Waals surface area (Å²) in [4.78, 5) is 26.0. The van der Waals surface area contributed by atoms with Gasteiger partial charge in [0.25, 0.3) is 5.91 Å². The number of hydrogen-bond donors (Lipinski definition) is 0. The van der Waals surface area contributed by atoms with Crippen molar-refractivity contribution in [3.63, 3.8) is 0 Å². The first-order chi connectivity index (χ1) is 16.8. The highest BCUT2D eigenvalue weighted by Crippen LogP contribution is 2.31. The highest BCUT2D eigenvalue weighted by Gasteiger charge is 2.33. The molecule has 3 aromatic rings. The van der Waals surface area contributed by atoms with Crippen LogP contribution in [0.3, 0.4) is 0 Å². The number of halogens is 3. The summed E-state index contributed by atoms with van der Waals surface area (Å²) >= 11 is 0. The molecule has 7 nitrogen and oxygen atoms in total. The third-order valence-electron chi connectivity index (χ3n) is 6.50. The minimum atomic E-state index is -4.42. The molecule has 0 bridgehead atoms. The molecule has 1 amide bonds. The summed E-state index contributed by atoms with van der Waals surface area (Å²) in [6.07, 6.45) is 8.58. The van der Waals surface area contributed by atoms with Gasteiger partial charge < -0.3 is 9.80 Å². The molecule has 35 heavy (non-hydrogen) atoms. The molecule has 0 radical (unpaired) electrons. The van der Waals surface area contributed by atoms with Crippen LogP contribution in [0.25, 0.3) is 11.2 Å². The second-order valence-electron chi connectivity index (χ2n) is 8.78. The Hall–Kier alpha value is -3.69. The predicted molar refractivity (Wildman–Crippen MR) is 126 cm³/mol. The van der Waals surface area contributed by atoms with Gasteiger partial charge in [0.1, 0.15) is 5.82 Å². The lowest BCUT2D eigenvalue weighted by atomic mass is 9.98. The van der Waals surface area contributed by atoms with Crippen molar-refractivity contribution >= 4 is 22.9 Å². The molecule has 1 aliphatic heterocycles. The number of alkyl halides is 3. The van der Waals surface area contributed by atoms with Crippen LogP contribution in [0.1, 0.15) is 47.8 Å². The molecule has 4 heterocycles. The molecule has 0 N–H and O–H groups in total. The van der Waals surface area contributed by atoms with Crippen LogP contribution < -0.4 is 4.90 Å². The maximum Gasteiger partial charge on any atom is 0.417 e. The molecule has 0 aromatic carbocycles. The minimum absolute atomic E-state index is 0.0801. The van der Waals surface area contributed by atoms with Crippen molar-refractivity contribution in [2.75, 3.05) is 24.5 Å². The number of pyridine rings is 1. The summed E-state index contributed by atoms with van der Waals surface area (Å²) in [7, 11) is 0. The summed E-state index contributed by atoms with van der Waals surface area (Å²) in [6.45, 7) is 3.42. The van der Waals surface area contributed by atoms with Crippen molar-refractivity contribution in [1.82, 2.24) is 24.5 Å². The first kappa shape index (κ1) is 23.1. The van der Waals surface area contributed by atoms with Crippen LogP contribution in [-0.4, -0.2) is 56.1 Å². The van der Waals surface area contributed by atoms with Crippen molar-refractivity contribution in [1.29, 1.82) is 0 Å². The average molecular weight is 483 g/mol. The fraction of sp³-hybridized carbons (Fsp3) is 0.360. The second kappa shape index (κ2) is 9.16. The number of carbonyl (C=O) groups excluding carboxylic acids is 1. The Kier molecular flexibility index (Phi) is 6.04. The summed E-state index contributed by atoms with van der Waals surface area (Å²) in [6, 6.07) is 4.12. The van der Waals surface area contributed by atoms with E-state index < -0.39 is 11.7 Å². The minimum Gasteiger partial charge on any atom is -0.355 e. The summed E-state index contributed by atoms with van der Waals surface area (Å²) < 4.78 is 40.3. The van der Waals surface area contributed by atoms with Crippen molar-refractivity contribution in [3.05, 3.63) is 71.8 Å². The quantitative estimate of drug-likeness (QED) is 0.545. The first-order valence-electron chi connectivity index (χ1n) is 11.6. The fourth-order valence-corrected chi connectivity index (χ4v) is 4.57. The molecule has 1 fully saturated rings. The lowest BCUT2D eigenvalue weighted by Crippen LogP contribution is -2.40. The van der Waals surface area contributed by atoms with Crippen LogP contribution in [0.5, 0.6) is 0 Å². The van der Waals surface area contributed by atoms with Gasteiger partial charge >= 0.3 is 6.18 Å². The molecular formula is C25H25F3N6O. The Morgan fingerprint density at radius 2 is 1.97 bits per heavy atom. The smallest absolute Gasteiger partial charge is 0.355 e. The van der Waals surface area contributed by atoms with E-state index in [0.717, 1.165) is 36.2 Å². The van der Waals surface area contributed by atoms with Gasteiger partial charge in [-0.25, -0.2) is 14.5 Å². The van der Waals surface area contributed by atoms with Crippen molar-refractivity contribution in [3.8, 4) is 0 Å². The average Bonchev–Trinajstić information content (AvgIpc) is 3.14. The number of fused-ring (bicyclic) bond motifs is 1. The van der Waals surface area contributed by atoms with Crippen LogP contribution in [0, 0.1) is 0 Å². The maximum atomic E-state index is 13.8. The van der Waals surface area contributed by atoms with E-state index in [9.17, 15) is 18.0 Å². The second-order valence-corrected chi connectivity index (χ2v) is 8.78. The molecule has 0 unspecified atom stereocenters. The fourth-order valence-electron chi connectivity index (χ4n) is 4.57. The maximum absolute atomic E-state index is 13.8. The number of hydrogen-bond acceptors (Lipinski definition) is 5. The van der Waals surface area contributed by atoms with Gasteiger partial charge in [0.05, 0.1) is 11.1 Å². The van der Waals surface area contributed by atoms with E-state index in [4.69, 9.17) is 0 Å². The van der Waals surface area contributed by atoms with Gasteiger partial charge in [-0.1, -0.05) is 18.2 Å². The van der Waals surface area contributed by atoms with Gasteiger partial charge in [-0.05, 0) is 50.0 Å². The zero-order valence-corrected chi connectivity index (χ0v) is 19.2. The Balaban J connectivity index is 1.42. The molecule has 1 aliphatic carbocycles. The van der Waals surface area contributed by atoms with Crippen LogP contribution >= 0.6 is 0 Å². The molecule has 5 rings (SSSR count). The van der Waals surface area contributed by atoms with Gasteiger partial charge in [-0.2, -0.15) is 18.3 Å². The number of carbonyl (C=O) groups is 1. The zero-order chi connectivity index (χ0) is 24.6. The highest BCUT2D eigenvalue weighted by molar-refractivity contribution is 6.02. The van der Waals surface area contributed by atoms with E-state index in [1.54, 1.807) is 27.9 Å². The standard InChI is InChI=1S/C25H25F3N6O/c1-17-10-13-32(20-9-8-19(16-30-20)25(26,27)28)14-15-33(17)24(35)22-21(18-6-3-2-4-7-18)23-29-11-5-12-34(23)31-22/h3,5-9,11-12,16-17H,2,4,10,13-15H2,1H3/t17-/m1/s1. The van der Waals surface area contributed by atoms with E-state index in [-0.39, 0.29) is 11.9 Å². The normalized spacial score (nSPS) is 19.1. The van der Waals surface area contributed by atoms with E-state index in [1.807, 2.05) is 17.9 Å². The van der Waals surface area contributed by atoms with Gasteiger partial charge in [0, 0.05) is 44.3 Å². The van der Waals surface area contributed by atoms with Gasteiger partial charge in [-0.15, -0.1) is 0 Å². The molecule has 3 aromatic heterocycles. The summed E-state index contributed by atoms with van der Waals surface area (Å²) in [5, 5.41) is 4.59. The van der Waals surface area contributed by atoms with Gasteiger partial charge in [0.2, 0.25) is 0 Å². The largest absolute Gasteiger partial charge is 0.417 e. The molecular weight excluding hydrogens is 457 g/mol. The summed E-state index contributed by atoms with van der Waals surface area (Å²) in [5.74, 6) is 0.287. The molecule has 10 heteroatoms.